The van der Waals surface area contributed by atoms with Gasteiger partial charge in [-0.15, -0.1) is 0 Å². The minimum atomic E-state index is -1.48. The summed E-state index contributed by atoms with van der Waals surface area (Å²) in [7, 11) is 0. The number of carboxylic acids is 1. The van der Waals surface area contributed by atoms with E-state index in [2.05, 4.69) is 0 Å². The summed E-state index contributed by atoms with van der Waals surface area (Å²) in [6.45, 7) is 0.0274. The van der Waals surface area contributed by atoms with Crippen molar-refractivity contribution < 1.29 is 19.4 Å². The van der Waals surface area contributed by atoms with Crippen LogP contribution in [0.5, 0.6) is 0 Å². The number of hydrogen-bond acceptors (Lipinski definition) is 3. The SMILES string of the molecule is O=C(O)CCC(=O)OCC(C1CCCCC1)C(Cl)(Cl)Cl. The van der Waals surface area contributed by atoms with Crippen LogP contribution in [0, 0.1) is 11.8 Å². The Morgan fingerprint density at radius 2 is 1.75 bits per heavy atom. The van der Waals surface area contributed by atoms with Gasteiger partial charge in [0, 0.05) is 5.92 Å². The Labute approximate surface area is 133 Å². The summed E-state index contributed by atoms with van der Waals surface area (Å²) in [5.41, 5.74) is 0. The van der Waals surface area contributed by atoms with Crippen molar-refractivity contribution in [3.05, 3.63) is 0 Å². The van der Waals surface area contributed by atoms with Crippen molar-refractivity contribution in [2.45, 2.75) is 48.7 Å². The molecule has 1 N–H and O–H groups in total. The van der Waals surface area contributed by atoms with Gasteiger partial charge in [0.2, 0.25) is 0 Å². The van der Waals surface area contributed by atoms with E-state index in [9.17, 15) is 9.59 Å². The molecule has 20 heavy (non-hydrogen) atoms. The summed E-state index contributed by atoms with van der Waals surface area (Å²) < 4.78 is 3.60. The van der Waals surface area contributed by atoms with Gasteiger partial charge in [-0.2, -0.15) is 0 Å². The number of hydrogen-bond donors (Lipinski definition) is 1. The van der Waals surface area contributed by atoms with Crippen LogP contribution in [0.1, 0.15) is 44.9 Å². The zero-order valence-electron chi connectivity index (χ0n) is 11.1. The van der Waals surface area contributed by atoms with Crippen molar-refractivity contribution >= 4 is 46.7 Å². The second kappa shape index (κ2) is 8.30. The highest BCUT2D eigenvalue weighted by Gasteiger charge is 2.39. The van der Waals surface area contributed by atoms with E-state index in [-0.39, 0.29) is 31.3 Å². The van der Waals surface area contributed by atoms with Gasteiger partial charge in [-0.1, -0.05) is 54.1 Å². The summed E-state index contributed by atoms with van der Waals surface area (Å²) in [6, 6.07) is 0. The average Bonchev–Trinajstić information content (AvgIpc) is 2.36. The highest BCUT2D eigenvalue weighted by atomic mass is 35.6. The van der Waals surface area contributed by atoms with Gasteiger partial charge in [-0.3, -0.25) is 9.59 Å². The van der Waals surface area contributed by atoms with Crippen molar-refractivity contribution in [2.24, 2.45) is 11.8 Å². The molecule has 0 saturated heterocycles. The smallest absolute Gasteiger partial charge is 0.306 e. The maximum Gasteiger partial charge on any atom is 0.306 e. The van der Waals surface area contributed by atoms with Crippen molar-refractivity contribution in [2.75, 3.05) is 6.61 Å². The molecule has 0 heterocycles. The number of carbonyl (C=O) groups excluding carboxylic acids is 1. The normalized spacial score (nSPS) is 18.6. The monoisotopic (exact) mass is 344 g/mol. The number of alkyl halides is 3. The third kappa shape index (κ3) is 6.51. The van der Waals surface area contributed by atoms with E-state index in [1.807, 2.05) is 0 Å². The van der Waals surface area contributed by atoms with Crippen LogP contribution in [0.25, 0.3) is 0 Å². The number of halogens is 3. The lowest BCUT2D eigenvalue weighted by Crippen LogP contribution is -2.34. The largest absolute Gasteiger partial charge is 0.481 e. The van der Waals surface area contributed by atoms with Gasteiger partial charge in [0.25, 0.3) is 0 Å². The van der Waals surface area contributed by atoms with Crippen molar-refractivity contribution in [3.63, 3.8) is 0 Å². The Hall–Kier alpha value is -0.190. The van der Waals surface area contributed by atoms with E-state index in [1.54, 1.807) is 0 Å². The molecule has 116 valence electrons. The van der Waals surface area contributed by atoms with Crippen LogP contribution in [0.4, 0.5) is 0 Å². The van der Waals surface area contributed by atoms with Crippen molar-refractivity contribution in [3.8, 4) is 0 Å². The zero-order chi connectivity index (χ0) is 15.2. The number of rotatable bonds is 6. The lowest BCUT2D eigenvalue weighted by molar-refractivity contribution is -0.149. The van der Waals surface area contributed by atoms with E-state index in [1.165, 1.54) is 6.42 Å². The molecule has 0 aromatic rings. The lowest BCUT2D eigenvalue weighted by Gasteiger charge is -2.34. The number of esters is 1. The predicted molar refractivity (Wildman–Crippen MR) is 78.2 cm³/mol. The van der Waals surface area contributed by atoms with Gasteiger partial charge in [0.15, 0.2) is 3.79 Å². The fourth-order valence-corrected chi connectivity index (χ4v) is 3.22. The average molecular weight is 346 g/mol. The molecule has 0 aromatic heterocycles. The van der Waals surface area contributed by atoms with Crippen molar-refractivity contribution in [1.29, 1.82) is 0 Å². The van der Waals surface area contributed by atoms with Crippen LogP contribution in [-0.4, -0.2) is 27.4 Å². The Bertz CT molecular complexity index is 335. The second-order valence-electron chi connectivity index (χ2n) is 5.12. The van der Waals surface area contributed by atoms with Gasteiger partial charge in [0.05, 0.1) is 19.4 Å². The molecular formula is C13H19Cl3O4. The molecule has 0 radical (unpaired) electrons. The summed E-state index contributed by atoms with van der Waals surface area (Å²) in [6.07, 6.45) is 4.88. The molecule has 4 nitrogen and oxygen atoms in total. The van der Waals surface area contributed by atoms with E-state index < -0.39 is 15.7 Å². The molecule has 1 aliphatic carbocycles. The Balaban J connectivity index is 2.48. The third-order valence-corrected chi connectivity index (χ3v) is 4.45. The maximum atomic E-state index is 11.4. The summed E-state index contributed by atoms with van der Waals surface area (Å²) in [4.78, 5) is 21.8. The predicted octanol–water partition coefficient (Wildman–Crippen LogP) is 3.96. The van der Waals surface area contributed by atoms with Crippen LogP contribution >= 0.6 is 34.8 Å². The quantitative estimate of drug-likeness (QED) is 0.584. The third-order valence-electron chi connectivity index (χ3n) is 3.61. The van der Waals surface area contributed by atoms with Gasteiger partial charge < -0.3 is 9.84 Å². The molecular weight excluding hydrogens is 326 g/mol. The van der Waals surface area contributed by atoms with E-state index in [0.717, 1.165) is 25.7 Å². The molecule has 0 aliphatic heterocycles. The van der Waals surface area contributed by atoms with Crippen LogP contribution in [-0.2, 0) is 14.3 Å². The summed E-state index contributed by atoms with van der Waals surface area (Å²) in [5.74, 6) is -1.72. The number of aliphatic carboxylic acids is 1. The van der Waals surface area contributed by atoms with Crippen LogP contribution in [0.2, 0.25) is 0 Å². The van der Waals surface area contributed by atoms with Gasteiger partial charge >= 0.3 is 11.9 Å². The van der Waals surface area contributed by atoms with Gasteiger partial charge in [-0.25, -0.2) is 0 Å². The Kier molecular flexibility index (Phi) is 7.41. The van der Waals surface area contributed by atoms with Crippen LogP contribution < -0.4 is 0 Å². The molecule has 0 bridgehead atoms. The van der Waals surface area contributed by atoms with E-state index in [0.29, 0.717) is 0 Å². The molecule has 1 aliphatic rings. The van der Waals surface area contributed by atoms with E-state index in [4.69, 9.17) is 44.6 Å². The second-order valence-corrected chi connectivity index (χ2v) is 7.49. The number of ether oxygens (including phenoxy) is 1. The fourth-order valence-electron chi connectivity index (χ4n) is 2.50. The molecule has 0 spiro atoms. The number of carbonyl (C=O) groups is 2. The zero-order valence-corrected chi connectivity index (χ0v) is 13.4. The lowest BCUT2D eigenvalue weighted by atomic mass is 9.81. The van der Waals surface area contributed by atoms with E-state index >= 15 is 0 Å². The molecule has 7 heteroatoms. The van der Waals surface area contributed by atoms with Gasteiger partial charge in [0.1, 0.15) is 0 Å². The highest BCUT2D eigenvalue weighted by Crippen LogP contribution is 2.44. The first-order valence-corrected chi connectivity index (χ1v) is 7.88. The molecule has 0 amide bonds. The first-order valence-electron chi connectivity index (χ1n) is 6.75. The molecule has 0 aromatic carbocycles. The minimum absolute atomic E-state index is 0.0274. The van der Waals surface area contributed by atoms with Gasteiger partial charge in [-0.05, 0) is 18.8 Å². The van der Waals surface area contributed by atoms with Crippen molar-refractivity contribution in [1.82, 2.24) is 0 Å². The summed E-state index contributed by atoms with van der Waals surface area (Å²) >= 11 is 18.0. The first kappa shape index (κ1) is 17.9. The topological polar surface area (TPSA) is 63.6 Å². The summed E-state index contributed by atoms with van der Waals surface area (Å²) in [5, 5.41) is 8.50. The molecule has 1 atom stereocenters. The minimum Gasteiger partial charge on any atom is -0.481 e. The fraction of sp³-hybridized carbons (Fsp3) is 0.846. The standard InChI is InChI=1S/C13H19Cl3O4/c14-13(15,16)10(9-4-2-1-3-5-9)8-20-12(19)7-6-11(17)18/h9-10H,1-8H2,(H,17,18). The molecule has 1 unspecified atom stereocenters. The number of carboxylic acid groups (broad SMARTS) is 1. The molecule has 1 fully saturated rings. The van der Waals surface area contributed by atoms with Crippen LogP contribution in [0.3, 0.4) is 0 Å². The van der Waals surface area contributed by atoms with Crippen LogP contribution in [0.15, 0.2) is 0 Å². The molecule has 1 rings (SSSR count). The Morgan fingerprint density at radius 3 is 2.25 bits per heavy atom. The maximum absolute atomic E-state index is 11.4. The molecule has 1 saturated carbocycles. The highest BCUT2D eigenvalue weighted by molar-refractivity contribution is 6.67. The first-order chi connectivity index (χ1) is 9.30. The Morgan fingerprint density at radius 1 is 1.15 bits per heavy atom.